The molecular weight excluding hydrogens is 301 g/mol. The molecule has 0 unspecified atom stereocenters. The predicted octanol–water partition coefficient (Wildman–Crippen LogP) is 2.84. The molecule has 128 valence electrons. The lowest BCUT2D eigenvalue weighted by Crippen LogP contribution is -2.38. The van der Waals surface area contributed by atoms with Gasteiger partial charge in [0, 0.05) is 13.1 Å². The molecule has 1 fully saturated rings. The maximum Gasteiger partial charge on any atom is 0.339 e. The smallest absolute Gasteiger partial charge is 0.339 e. The first-order valence-electron chi connectivity index (χ1n) is 7.87. The number of hydrogen-bond donors (Lipinski definition) is 0. The summed E-state index contributed by atoms with van der Waals surface area (Å²) in [5.41, 5.74) is -0.224. The Labute approximate surface area is 136 Å². The van der Waals surface area contributed by atoms with E-state index in [2.05, 4.69) is 0 Å². The van der Waals surface area contributed by atoms with Crippen LogP contribution in [-0.2, 0) is 9.47 Å². The van der Waals surface area contributed by atoms with E-state index in [0.717, 1.165) is 19.5 Å². The number of halogens is 1. The summed E-state index contributed by atoms with van der Waals surface area (Å²) < 4.78 is 30.0. The molecular formula is C17H24FNO4. The quantitative estimate of drug-likeness (QED) is 0.753. The van der Waals surface area contributed by atoms with Gasteiger partial charge in [-0.1, -0.05) is 6.92 Å². The lowest BCUT2D eigenvalue weighted by atomic mass is 10.1. The number of hydrogen-bond acceptors (Lipinski definition) is 5. The third kappa shape index (κ3) is 5.18. The molecule has 1 aliphatic rings. The van der Waals surface area contributed by atoms with Gasteiger partial charge in [0.05, 0.1) is 18.8 Å². The molecule has 1 aromatic carbocycles. The van der Waals surface area contributed by atoms with E-state index in [1.54, 1.807) is 0 Å². The van der Waals surface area contributed by atoms with E-state index in [9.17, 15) is 9.18 Å². The Bertz CT molecular complexity index is 541. The van der Waals surface area contributed by atoms with Crippen molar-refractivity contribution >= 4 is 5.97 Å². The van der Waals surface area contributed by atoms with Gasteiger partial charge in [-0.3, -0.25) is 4.90 Å². The van der Waals surface area contributed by atoms with E-state index >= 15 is 0 Å². The number of morpholine rings is 1. The van der Waals surface area contributed by atoms with Gasteiger partial charge in [-0.15, -0.1) is 0 Å². The van der Waals surface area contributed by atoms with Crippen LogP contribution in [0.1, 0.15) is 37.6 Å². The number of esters is 1. The minimum absolute atomic E-state index is 0.0673. The Morgan fingerprint density at radius 3 is 2.70 bits per heavy atom. The highest BCUT2D eigenvalue weighted by Gasteiger charge is 2.21. The summed E-state index contributed by atoms with van der Waals surface area (Å²) in [6.07, 6.45) is 0.720. The minimum Gasteiger partial charge on any atom is -0.485 e. The molecule has 1 aromatic rings. The molecule has 0 N–H and O–H groups in total. The highest BCUT2D eigenvalue weighted by molar-refractivity contribution is 5.89. The molecule has 5 nitrogen and oxygen atoms in total. The topological polar surface area (TPSA) is 48.0 Å². The second kappa shape index (κ2) is 7.75. The van der Waals surface area contributed by atoms with Crippen molar-refractivity contribution in [2.24, 2.45) is 0 Å². The molecule has 0 atom stereocenters. The Morgan fingerprint density at radius 2 is 2.04 bits per heavy atom. The number of benzene rings is 1. The first-order valence-corrected chi connectivity index (χ1v) is 7.87. The van der Waals surface area contributed by atoms with Crippen LogP contribution < -0.4 is 4.74 Å². The highest BCUT2D eigenvalue weighted by atomic mass is 19.1. The summed E-state index contributed by atoms with van der Waals surface area (Å²) in [5.74, 6) is -0.912. The summed E-state index contributed by atoms with van der Waals surface area (Å²) in [6.45, 7) is 8.64. The average molecular weight is 325 g/mol. The van der Waals surface area contributed by atoms with E-state index in [-0.39, 0.29) is 18.0 Å². The van der Waals surface area contributed by atoms with Crippen LogP contribution >= 0.6 is 0 Å². The third-order valence-electron chi connectivity index (χ3n) is 3.89. The molecule has 1 aliphatic heterocycles. The number of rotatable bonds is 6. The highest BCUT2D eigenvalue weighted by Crippen LogP contribution is 2.25. The van der Waals surface area contributed by atoms with Crippen molar-refractivity contribution < 1.29 is 23.4 Å². The summed E-state index contributed by atoms with van der Waals surface area (Å²) in [7, 11) is 0. The van der Waals surface area contributed by atoms with Crippen molar-refractivity contribution in [2.45, 2.75) is 32.8 Å². The van der Waals surface area contributed by atoms with Crippen molar-refractivity contribution in [3.8, 4) is 5.75 Å². The maximum absolute atomic E-state index is 13.9. The van der Waals surface area contributed by atoms with Crippen molar-refractivity contribution in [2.75, 3.05) is 33.0 Å². The first kappa shape index (κ1) is 17.7. The number of carbonyl (C=O) groups is 1. The Hall–Kier alpha value is -1.66. The number of carbonyl (C=O) groups excluding carboxylic acids is 1. The fourth-order valence-electron chi connectivity index (χ4n) is 2.04. The zero-order chi connectivity index (χ0) is 16.9. The van der Waals surface area contributed by atoms with Crippen molar-refractivity contribution in [3.63, 3.8) is 0 Å². The van der Waals surface area contributed by atoms with Crippen LogP contribution in [0, 0.1) is 5.82 Å². The lowest BCUT2D eigenvalue weighted by molar-refractivity contribution is -0.0209. The molecule has 0 radical (unpaired) electrons. The van der Waals surface area contributed by atoms with E-state index < -0.39 is 17.4 Å². The second-order valence-corrected chi connectivity index (χ2v) is 6.15. The van der Waals surface area contributed by atoms with E-state index in [1.807, 2.05) is 25.7 Å². The van der Waals surface area contributed by atoms with Gasteiger partial charge in [-0.25, -0.2) is 9.18 Å². The Kier molecular flexibility index (Phi) is 5.96. The summed E-state index contributed by atoms with van der Waals surface area (Å²) in [6, 6.07) is 4.03. The van der Waals surface area contributed by atoms with Gasteiger partial charge in [0.2, 0.25) is 0 Å². The number of ether oxygens (including phenoxy) is 3. The zero-order valence-corrected chi connectivity index (χ0v) is 13.9. The molecule has 23 heavy (non-hydrogen) atoms. The fourth-order valence-corrected chi connectivity index (χ4v) is 2.04. The second-order valence-electron chi connectivity index (χ2n) is 6.15. The average Bonchev–Trinajstić information content (AvgIpc) is 2.55. The molecule has 6 heteroatoms. The lowest BCUT2D eigenvalue weighted by Gasteiger charge is -2.26. The largest absolute Gasteiger partial charge is 0.485 e. The molecule has 2 rings (SSSR count). The third-order valence-corrected chi connectivity index (χ3v) is 3.89. The van der Waals surface area contributed by atoms with Crippen molar-refractivity contribution in [3.05, 3.63) is 29.6 Å². The standard InChI is InChI=1S/C17H24FNO4/c1-4-17(2,3)23-15-11-13(5-6-14(15)18)16(20)22-12-19-7-9-21-10-8-19/h5-6,11H,4,7-10,12H2,1-3H3. The van der Waals surface area contributed by atoms with E-state index in [0.29, 0.717) is 13.2 Å². The molecule has 0 amide bonds. The first-order chi connectivity index (χ1) is 10.9. The van der Waals surface area contributed by atoms with Gasteiger partial charge in [0.15, 0.2) is 11.6 Å². The zero-order valence-electron chi connectivity index (χ0n) is 13.9. The van der Waals surface area contributed by atoms with Crippen LogP contribution in [0.25, 0.3) is 0 Å². The Balaban J connectivity index is 1.99. The molecule has 0 saturated carbocycles. The van der Waals surface area contributed by atoms with Gasteiger partial charge in [0.25, 0.3) is 0 Å². The van der Waals surface area contributed by atoms with Crippen LogP contribution in [0.2, 0.25) is 0 Å². The van der Waals surface area contributed by atoms with Gasteiger partial charge in [-0.2, -0.15) is 0 Å². The summed E-state index contributed by atoms with van der Waals surface area (Å²) in [5, 5.41) is 0. The molecule has 0 spiro atoms. The van der Waals surface area contributed by atoms with Gasteiger partial charge >= 0.3 is 5.97 Å². The molecule has 1 heterocycles. The fraction of sp³-hybridized carbons (Fsp3) is 0.588. The van der Waals surface area contributed by atoms with Crippen LogP contribution in [0.4, 0.5) is 4.39 Å². The Morgan fingerprint density at radius 1 is 1.35 bits per heavy atom. The SMILES string of the molecule is CCC(C)(C)Oc1cc(C(=O)OCN2CCOCC2)ccc1F. The van der Waals surface area contributed by atoms with Crippen molar-refractivity contribution in [1.29, 1.82) is 0 Å². The number of nitrogens with zero attached hydrogens (tertiary/aromatic N) is 1. The monoisotopic (exact) mass is 325 g/mol. The maximum atomic E-state index is 13.9. The molecule has 0 bridgehead atoms. The summed E-state index contributed by atoms with van der Waals surface area (Å²) >= 11 is 0. The minimum atomic E-state index is -0.503. The van der Waals surface area contributed by atoms with Crippen LogP contribution in [0.15, 0.2) is 18.2 Å². The molecule has 0 aromatic heterocycles. The van der Waals surface area contributed by atoms with Crippen LogP contribution in [0.5, 0.6) is 5.75 Å². The van der Waals surface area contributed by atoms with Gasteiger partial charge in [-0.05, 0) is 38.5 Å². The van der Waals surface area contributed by atoms with Gasteiger partial charge < -0.3 is 14.2 Å². The molecule has 0 aliphatic carbocycles. The normalized spacial score (nSPS) is 16.2. The predicted molar refractivity (Wildman–Crippen MR) is 84.1 cm³/mol. The van der Waals surface area contributed by atoms with Crippen molar-refractivity contribution in [1.82, 2.24) is 4.90 Å². The van der Waals surface area contributed by atoms with Crippen LogP contribution in [0.3, 0.4) is 0 Å². The van der Waals surface area contributed by atoms with E-state index in [4.69, 9.17) is 14.2 Å². The van der Waals surface area contributed by atoms with Crippen LogP contribution in [-0.4, -0.2) is 49.5 Å². The van der Waals surface area contributed by atoms with Gasteiger partial charge in [0.1, 0.15) is 12.3 Å². The van der Waals surface area contributed by atoms with E-state index in [1.165, 1.54) is 18.2 Å². The molecule has 1 saturated heterocycles. The summed E-state index contributed by atoms with van der Waals surface area (Å²) in [4.78, 5) is 14.1.